The first kappa shape index (κ1) is 9.97. The summed E-state index contributed by atoms with van der Waals surface area (Å²) in [4.78, 5) is 14.0. The van der Waals surface area contributed by atoms with Gasteiger partial charge in [0.1, 0.15) is 0 Å². The fourth-order valence-electron chi connectivity index (χ4n) is 2.05. The van der Waals surface area contributed by atoms with E-state index < -0.39 is 5.54 Å². The number of nitrogens with two attached hydrogens (primary N) is 1. The Morgan fingerprint density at radius 1 is 1.50 bits per heavy atom. The van der Waals surface area contributed by atoms with Gasteiger partial charge in [-0.3, -0.25) is 4.79 Å². The summed E-state index contributed by atoms with van der Waals surface area (Å²) in [5.41, 5.74) is 5.53. The second-order valence-corrected chi connectivity index (χ2v) is 4.80. The van der Waals surface area contributed by atoms with Crippen LogP contribution in [0, 0.1) is 5.92 Å². The SMILES string of the molecule is CCN(CC1CC1)C(=O)C1(N)CCC1. The lowest BCUT2D eigenvalue weighted by atomic mass is 9.76. The monoisotopic (exact) mass is 196 g/mol. The van der Waals surface area contributed by atoms with Gasteiger partial charge in [-0.25, -0.2) is 0 Å². The van der Waals surface area contributed by atoms with Gasteiger partial charge in [0, 0.05) is 13.1 Å². The number of hydrogen-bond donors (Lipinski definition) is 1. The molecule has 2 rings (SSSR count). The Bertz CT molecular complexity index is 231. The van der Waals surface area contributed by atoms with Crippen molar-refractivity contribution in [1.82, 2.24) is 4.90 Å². The second kappa shape index (κ2) is 3.54. The highest BCUT2D eigenvalue weighted by Gasteiger charge is 2.43. The third kappa shape index (κ3) is 1.78. The van der Waals surface area contributed by atoms with Crippen LogP contribution in [0.1, 0.15) is 39.0 Å². The van der Waals surface area contributed by atoms with Crippen LogP contribution in [-0.2, 0) is 4.79 Å². The van der Waals surface area contributed by atoms with Crippen LogP contribution in [-0.4, -0.2) is 29.4 Å². The van der Waals surface area contributed by atoms with Crippen LogP contribution in [0.2, 0.25) is 0 Å². The standard InChI is InChI=1S/C11H20N2O/c1-2-13(8-9-4-5-9)10(14)11(12)6-3-7-11/h9H,2-8,12H2,1H3. The molecule has 2 saturated carbocycles. The number of carbonyl (C=O) groups is 1. The molecule has 0 saturated heterocycles. The molecule has 2 fully saturated rings. The van der Waals surface area contributed by atoms with Crippen molar-refractivity contribution >= 4 is 5.91 Å². The molecule has 3 heteroatoms. The Labute approximate surface area is 85.6 Å². The van der Waals surface area contributed by atoms with Crippen LogP contribution in [0.3, 0.4) is 0 Å². The van der Waals surface area contributed by atoms with Crippen LogP contribution in [0.25, 0.3) is 0 Å². The quantitative estimate of drug-likeness (QED) is 0.732. The Kier molecular flexibility index (Phi) is 2.52. The molecule has 0 spiro atoms. The van der Waals surface area contributed by atoms with Crippen molar-refractivity contribution in [3.63, 3.8) is 0 Å². The van der Waals surface area contributed by atoms with Crippen molar-refractivity contribution in [3.05, 3.63) is 0 Å². The summed E-state index contributed by atoms with van der Waals surface area (Å²) >= 11 is 0. The van der Waals surface area contributed by atoms with E-state index in [9.17, 15) is 4.79 Å². The number of nitrogens with zero attached hydrogens (tertiary/aromatic N) is 1. The maximum Gasteiger partial charge on any atom is 0.242 e. The molecule has 0 aromatic rings. The molecule has 0 aromatic heterocycles. The lowest BCUT2D eigenvalue weighted by Gasteiger charge is -2.40. The van der Waals surface area contributed by atoms with E-state index in [-0.39, 0.29) is 5.91 Å². The highest BCUT2D eigenvalue weighted by Crippen LogP contribution is 2.34. The van der Waals surface area contributed by atoms with Gasteiger partial charge in [-0.05, 0) is 44.9 Å². The fraction of sp³-hybridized carbons (Fsp3) is 0.909. The smallest absolute Gasteiger partial charge is 0.242 e. The zero-order valence-electron chi connectivity index (χ0n) is 8.96. The minimum Gasteiger partial charge on any atom is -0.341 e. The van der Waals surface area contributed by atoms with Crippen molar-refractivity contribution < 1.29 is 4.79 Å². The second-order valence-electron chi connectivity index (χ2n) is 4.80. The molecule has 0 heterocycles. The Morgan fingerprint density at radius 3 is 2.50 bits per heavy atom. The Hall–Kier alpha value is -0.570. The molecule has 2 aliphatic carbocycles. The maximum atomic E-state index is 12.0. The molecule has 0 radical (unpaired) electrons. The Balaban J connectivity index is 1.92. The van der Waals surface area contributed by atoms with Gasteiger partial charge in [-0.2, -0.15) is 0 Å². The average molecular weight is 196 g/mol. The number of carbonyl (C=O) groups excluding carboxylic acids is 1. The van der Waals surface area contributed by atoms with Crippen molar-refractivity contribution in [2.45, 2.75) is 44.6 Å². The van der Waals surface area contributed by atoms with Gasteiger partial charge in [-0.15, -0.1) is 0 Å². The number of amides is 1. The number of rotatable bonds is 4. The summed E-state index contributed by atoms with van der Waals surface area (Å²) in [6.07, 6.45) is 5.46. The molecule has 3 nitrogen and oxygen atoms in total. The lowest BCUT2D eigenvalue weighted by Crippen LogP contribution is -2.59. The van der Waals surface area contributed by atoms with Crippen molar-refractivity contribution in [3.8, 4) is 0 Å². The summed E-state index contributed by atoms with van der Waals surface area (Å²) in [5, 5.41) is 0. The molecule has 80 valence electrons. The molecule has 0 atom stereocenters. The summed E-state index contributed by atoms with van der Waals surface area (Å²) in [7, 11) is 0. The topological polar surface area (TPSA) is 46.3 Å². The van der Waals surface area contributed by atoms with Gasteiger partial charge in [0.25, 0.3) is 0 Å². The van der Waals surface area contributed by atoms with Crippen LogP contribution in [0.4, 0.5) is 0 Å². The first-order valence-electron chi connectivity index (χ1n) is 5.74. The molecule has 0 unspecified atom stereocenters. The third-order valence-corrected chi connectivity index (χ3v) is 3.52. The van der Waals surface area contributed by atoms with E-state index in [1.807, 2.05) is 11.8 Å². The van der Waals surface area contributed by atoms with E-state index in [0.717, 1.165) is 38.3 Å². The predicted molar refractivity (Wildman–Crippen MR) is 55.7 cm³/mol. The largest absolute Gasteiger partial charge is 0.341 e. The zero-order chi connectivity index (χ0) is 10.2. The van der Waals surface area contributed by atoms with Crippen LogP contribution in [0.5, 0.6) is 0 Å². The highest BCUT2D eigenvalue weighted by atomic mass is 16.2. The van der Waals surface area contributed by atoms with Gasteiger partial charge in [-0.1, -0.05) is 0 Å². The first-order chi connectivity index (χ1) is 6.65. The lowest BCUT2D eigenvalue weighted by molar-refractivity contribution is -0.140. The van der Waals surface area contributed by atoms with Gasteiger partial charge >= 0.3 is 0 Å². The summed E-state index contributed by atoms with van der Waals surface area (Å²) in [6, 6.07) is 0. The maximum absolute atomic E-state index is 12.0. The number of hydrogen-bond acceptors (Lipinski definition) is 2. The normalized spacial score (nSPS) is 24.1. The van der Waals surface area contributed by atoms with Gasteiger partial charge in [0.15, 0.2) is 0 Å². The minimum atomic E-state index is -0.495. The van der Waals surface area contributed by atoms with Gasteiger partial charge in [0.05, 0.1) is 5.54 Å². The molecule has 0 aliphatic heterocycles. The molecular weight excluding hydrogens is 176 g/mol. The van der Waals surface area contributed by atoms with E-state index in [2.05, 4.69) is 0 Å². The summed E-state index contributed by atoms with van der Waals surface area (Å²) < 4.78 is 0. The van der Waals surface area contributed by atoms with Crippen LogP contribution >= 0.6 is 0 Å². The molecule has 1 amide bonds. The highest BCUT2D eigenvalue weighted by molar-refractivity contribution is 5.87. The molecule has 2 aliphatic rings. The van der Waals surface area contributed by atoms with E-state index in [1.165, 1.54) is 12.8 Å². The predicted octanol–water partition coefficient (Wildman–Crippen LogP) is 1.13. The van der Waals surface area contributed by atoms with Gasteiger partial charge < -0.3 is 10.6 Å². The van der Waals surface area contributed by atoms with E-state index in [4.69, 9.17) is 5.73 Å². The van der Waals surface area contributed by atoms with Crippen molar-refractivity contribution in [2.24, 2.45) is 11.7 Å². The van der Waals surface area contributed by atoms with Crippen molar-refractivity contribution in [2.75, 3.05) is 13.1 Å². The molecule has 0 bridgehead atoms. The van der Waals surface area contributed by atoms with E-state index >= 15 is 0 Å². The molecule has 0 aromatic carbocycles. The summed E-state index contributed by atoms with van der Waals surface area (Å²) in [5.74, 6) is 0.959. The molecular formula is C11H20N2O. The third-order valence-electron chi connectivity index (χ3n) is 3.52. The van der Waals surface area contributed by atoms with Crippen LogP contribution < -0.4 is 5.73 Å². The fourth-order valence-corrected chi connectivity index (χ4v) is 2.05. The van der Waals surface area contributed by atoms with E-state index in [1.54, 1.807) is 0 Å². The summed E-state index contributed by atoms with van der Waals surface area (Å²) in [6.45, 7) is 3.80. The average Bonchev–Trinajstić information content (AvgIpc) is 2.92. The van der Waals surface area contributed by atoms with Crippen LogP contribution in [0.15, 0.2) is 0 Å². The van der Waals surface area contributed by atoms with E-state index in [0.29, 0.717) is 0 Å². The minimum absolute atomic E-state index is 0.193. The first-order valence-corrected chi connectivity index (χ1v) is 5.74. The zero-order valence-corrected chi connectivity index (χ0v) is 8.96. The molecule has 2 N–H and O–H groups in total. The van der Waals surface area contributed by atoms with Crippen molar-refractivity contribution in [1.29, 1.82) is 0 Å². The Morgan fingerprint density at radius 2 is 2.14 bits per heavy atom. The number of likely N-dealkylation sites (N-methyl/N-ethyl adjacent to an activating group) is 1. The molecule has 14 heavy (non-hydrogen) atoms. The van der Waals surface area contributed by atoms with Gasteiger partial charge in [0.2, 0.25) is 5.91 Å².